The van der Waals surface area contributed by atoms with Crippen LogP contribution < -0.4 is 14.8 Å². The molecule has 5 nitrogen and oxygen atoms in total. The maximum atomic E-state index is 11.9. The van der Waals surface area contributed by atoms with Gasteiger partial charge in [0.15, 0.2) is 16.8 Å². The maximum absolute atomic E-state index is 11.9. The van der Waals surface area contributed by atoms with Gasteiger partial charge in [-0.15, -0.1) is 0 Å². The summed E-state index contributed by atoms with van der Waals surface area (Å²) >= 11 is 18.1. The van der Waals surface area contributed by atoms with Crippen molar-refractivity contribution in [3.05, 3.63) is 45.4 Å². The summed E-state index contributed by atoms with van der Waals surface area (Å²) in [6, 6.07) is 8.35. The van der Waals surface area contributed by atoms with Crippen LogP contribution in [0, 0.1) is 0 Å². The molecule has 9 heteroatoms. The molecular formula is C14H12Cl3O5P. The Balaban J connectivity index is 2.75. The van der Waals surface area contributed by atoms with Gasteiger partial charge in [-0.25, -0.2) is 0 Å². The second-order valence-corrected chi connectivity index (χ2v) is 7.01. The molecule has 0 aliphatic carbocycles. The molecule has 2 aromatic carbocycles. The van der Waals surface area contributed by atoms with E-state index in [4.69, 9.17) is 44.3 Å². The fraction of sp³-hybridized carbons (Fsp3) is 0.143. The van der Waals surface area contributed by atoms with Gasteiger partial charge in [-0.2, -0.15) is 0 Å². The van der Waals surface area contributed by atoms with Gasteiger partial charge in [0.2, 0.25) is 0 Å². The number of hydrogen-bond donors (Lipinski definition) is 2. The molecule has 23 heavy (non-hydrogen) atoms. The first-order valence-corrected chi connectivity index (χ1v) is 9.14. The molecule has 2 N–H and O–H groups in total. The van der Waals surface area contributed by atoms with E-state index in [1.807, 2.05) is 0 Å². The van der Waals surface area contributed by atoms with Gasteiger partial charge < -0.3 is 19.3 Å². The summed E-state index contributed by atoms with van der Waals surface area (Å²) in [6.45, 7) is 1.76. The lowest BCUT2D eigenvalue weighted by Gasteiger charge is -2.20. The lowest BCUT2D eigenvalue weighted by Crippen LogP contribution is -2.14. The van der Waals surface area contributed by atoms with Crippen LogP contribution in [0.4, 0.5) is 0 Å². The zero-order valence-electron chi connectivity index (χ0n) is 11.8. The minimum atomic E-state index is -4.81. The third-order valence-electron chi connectivity index (χ3n) is 2.76. The van der Waals surface area contributed by atoms with Crippen LogP contribution in [0.15, 0.2) is 30.3 Å². The Morgan fingerprint density at radius 2 is 1.57 bits per heavy atom. The molecular weight excluding hydrogens is 385 g/mol. The molecule has 0 fully saturated rings. The average Bonchev–Trinajstić information content (AvgIpc) is 2.50. The third-order valence-corrected chi connectivity index (χ3v) is 5.04. The van der Waals surface area contributed by atoms with E-state index in [-0.39, 0.29) is 33.2 Å². The van der Waals surface area contributed by atoms with Gasteiger partial charge in [0, 0.05) is 0 Å². The zero-order chi connectivity index (χ0) is 17.2. The maximum Gasteiger partial charge on any atom is 0.363 e. The van der Waals surface area contributed by atoms with Crippen LogP contribution in [0.25, 0.3) is 0 Å². The Morgan fingerprint density at radius 1 is 1.00 bits per heavy atom. The van der Waals surface area contributed by atoms with Gasteiger partial charge in [-0.1, -0.05) is 53.0 Å². The van der Waals surface area contributed by atoms with Crippen LogP contribution in [0.1, 0.15) is 6.92 Å². The van der Waals surface area contributed by atoms with Crippen LogP contribution in [-0.4, -0.2) is 16.4 Å². The van der Waals surface area contributed by atoms with Crippen LogP contribution in [0.3, 0.4) is 0 Å². The van der Waals surface area contributed by atoms with E-state index in [9.17, 15) is 14.4 Å². The van der Waals surface area contributed by atoms with Crippen LogP contribution in [0.5, 0.6) is 17.2 Å². The summed E-state index contributed by atoms with van der Waals surface area (Å²) in [5, 5.41) is -1.04. The Bertz CT molecular complexity index is 761. The van der Waals surface area contributed by atoms with Crippen molar-refractivity contribution in [2.45, 2.75) is 6.92 Å². The molecule has 0 spiro atoms. The highest BCUT2D eigenvalue weighted by Gasteiger charge is 2.34. The topological polar surface area (TPSA) is 76.0 Å². The van der Waals surface area contributed by atoms with Crippen LogP contribution >= 0.6 is 42.4 Å². The number of hydrogen-bond acceptors (Lipinski definition) is 3. The molecule has 0 atom stereocenters. The number of halogens is 3. The average molecular weight is 398 g/mol. The highest BCUT2D eigenvalue weighted by Crippen LogP contribution is 2.51. The van der Waals surface area contributed by atoms with Gasteiger partial charge in [0.1, 0.15) is 15.8 Å². The summed E-state index contributed by atoms with van der Waals surface area (Å²) in [5.74, 6) is -0.211. The molecule has 0 unspecified atom stereocenters. The van der Waals surface area contributed by atoms with Crippen molar-refractivity contribution in [1.82, 2.24) is 0 Å². The molecule has 124 valence electrons. The molecule has 0 bridgehead atoms. The van der Waals surface area contributed by atoms with Gasteiger partial charge in [-0.05, 0) is 19.1 Å². The first kappa shape index (κ1) is 18.4. The van der Waals surface area contributed by atoms with E-state index < -0.39 is 12.9 Å². The second-order valence-electron chi connectivity index (χ2n) is 4.34. The van der Waals surface area contributed by atoms with Crippen molar-refractivity contribution >= 4 is 47.7 Å². The van der Waals surface area contributed by atoms with Crippen LogP contribution in [0.2, 0.25) is 15.1 Å². The van der Waals surface area contributed by atoms with E-state index >= 15 is 0 Å². The smallest absolute Gasteiger partial charge is 0.363 e. The standard InChI is InChI=1S/C14H12Cl3O5P/c1-2-21-12-10(16)9(15)11(17)13(14(12)23(18,19)20)22-8-6-4-3-5-7-8/h3-7H,2H2,1H3,(H2,18,19,20). The first-order chi connectivity index (χ1) is 10.8. The summed E-state index contributed by atoms with van der Waals surface area (Å²) in [6.07, 6.45) is 0. The van der Waals surface area contributed by atoms with E-state index in [1.54, 1.807) is 37.3 Å². The first-order valence-electron chi connectivity index (χ1n) is 6.39. The molecule has 2 aromatic rings. The molecule has 0 heterocycles. The number of rotatable bonds is 5. The van der Waals surface area contributed by atoms with Crippen molar-refractivity contribution in [3.8, 4) is 17.2 Å². The number of para-hydroxylation sites is 1. The predicted octanol–water partition coefficient (Wildman–Crippen LogP) is 4.64. The molecule has 0 aromatic heterocycles. The fourth-order valence-corrected chi connectivity index (χ4v) is 3.53. The van der Waals surface area contributed by atoms with Gasteiger partial charge in [-0.3, -0.25) is 4.57 Å². The highest BCUT2D eigenvalue weighted by atomic mass is 35.5. The largest absolute Gasteiger partial charge is 0.491 e. The van der Waals surface area contributed by atoms with Crippen molar-refractivity contribution in [1.29, 1.82) is 0 Å². The van der Waals surface area contributed by atoms with Crippen molar-refractivity contribution in [2.75, 3.05) is 6.61 Å². The van der Waals surface area contributed by atoms with E-state index in [1.165, 1.54) is 0 Å². The molecule has 0 saturated heterocycles. The SMILES string of the molecule is CCOc1c(Cl)c(Cl)c(Cl)c(Oc2ccccc2)c1P(=O)(O)O. The summed E-state index contributed by atoms with van der Waals surface area (Å²) in [4.78, 5) is 19.4. The fourth-order valence-electron chi connectivity index (χ4n) is 1.85. The van der Waals surface area contributed by atoms with Gasteiger partial charge in [0.05, 0.1) is 11.6 Å². The highest BCUT2D eigenvalue weighted by molar-refractivity contribution is 7.60. The summed E-state index contributed by atoms with van der Waals surface area (Å²) in [5.41, 5.74) is 0. The van der Waals surface area contributed by atoms with Crippen molar-refractivity contribution in [2.24, 2.45) is 0 Å². The quantitative estimate of drug-likeness (QED) is 0.568. The van der Waals surface area contributed by atoms with E-state index in [2.05, 4.69) is 0 Å². The Hall–Kier alpha value is -0.940. The summed E-state index contributed by atoms with van der Waals surface area (Å²) in [7, 11) is -4.81. The zero-order valence-corrected chi connectivity index (χ0v) is 15.0. The minimum Gasteiger partial charge on any atom is -0.491 e. The Labute approximate surface area is 147 Å². The van der Waals surface area contributed by atoms with Crippen molar-refractivity contribution < 1.29 is 23.8 Å². The normalized spacial score (nSPS) is 11.4. The molecule has 0 aliphatic rings. The molecule has 0 saturated carbocycles. The monoisotopic (exact) mass is 396 g/mol. The Morgan fingerprint density at radius 3 is 2.09 bits per heavy atom. The molecule has 0 amide bonds. The third kappa shape index (κ3) is 3.94. The summed E-state index contributed by atoms with van der Waals surface area (Å²) < 4.78 is 22.7. The van der Waals surface area contributed by atoms with Gasteiger partial charge in [0.25, 0.3) is 0 Å². The molecule has 0 aliphatic heterocycles. The number of ether oxygens (including phenoxy) is 2. The second kappa shape index (κ2) is 7.31. The Kier molecular flexibility index (Phi) is 5.84. The molecule has 2 rings (SSSR count). The van der Waals surface area contributed by atoms with Gasteiger partial charge >= 0.3 is 7.60 Å². The van der Waals surface area contributed by atoms with E-state index in [0.717, 1.165) is 0 Å². The lowest BCUT2D eigenvalue weighted by molar-refractivity contribution is 0.337. The minimum absolute atomic E-state index is 0.111. The molecule has 0 radical (unpaired) electrons. The van der Waals surface area contributed by atoms with Crippen molar-refractivity contribution in [3.63, 3.8) is 0 Å². The predicted molar refractivity (Wildman–Crippen MR) is 90.8 cm³/mol. The lowest BCUT2D eigenvalue weighted by atomic mass is 10.3. The van der Waals surface area contributed by atoms with Crippen LogP contribution in [-0.2, 0) is 4.57 Å². The van der Waals surface area contributed by atoms with E-state index in [0.29, 0.717) is 5.75 Å². The number of benzene rings is 2.